The molecule has 0 saturated carbocycles. The van der Waals surface area contributed by atoms with Crippen molar-refractivity contribution in [1.82, 2.24) is 10.0 Å². The van der Waals surface area contributed by atoms with Crippen LogP contribution in [0.15, 0.2) is 23.1 Å². The quantitative estimate of drug-likeness (QED) is 0.762. The fourth-order valence-corrected chi connectivity index (χ4v) is 3.53. The number of hydrogen-bond acceptors (Lipinski definition) is 4. The highest BCUT2D eigenvalue weighted by Gasteiger charge is 2.20. The van der Waals surface area contributed by atoms with Crippen LogP contribution in [0.1, 0.15) is 25.0 Å². The van der Waals surface area contributed by atoms with Crippen LogP contribution in [-0.2, 0) is 21.3 Å². The molecule has 0 heterocycles. The van der Waals surface area contributed by atoms with E-state index in [1.54, 1.807) is 26.2 Å². The van der Waals surface area contributed by atoms with Gasteiger partial charge >= 0.3 is 0 Å². The molecule has 20 heavy (non-hydrogen) atoms. The number of rotatable bonds is 8. The van der Waals surface area contributed by atoms with Crippen molar-refractivity contribution < 1.29 is 13.2 Å². The van der Waals surface area contributed by atoms with Gasteiger partial charge < -0.3 is 10.1 Å². The normalized spacial score (nSPS) is 13.4. The average molecular weight is 300 g/mol. The number of ether oxygens (including phenoxy) is 1. The third kappa shape index (κ3) is 4.56. The lowest BCUT2D eigenvalue weighted by Gasteiger charge is -2.16. The molecule has 1 atom stereocenters. The molecule has 0 saturated heterocycles. The van der Waals surface area contributed by atoms with Crippen LogP contribution in [0.4, 0.5) is 0 Å². The summed E-state index contributed by atoms with van der Waals surface area (Å²) in [5, 5.41) is 3.21. The van der Waals surface area contributed by atoms with Crippen molar-refractivity contribution in [2.75, 3.05) is 20.3 Å². The molecule has 0 spiro atoms. The number of hydrogen-bond donors (Lipinski definition) is 2. The van der Waals surface area contributed by atoms with Crippen LogP contribution < -0.4 is 10.0 Å². The van der Waals surface area contributed by atoms with Gasteiger partial charge in [-0.3, -0.25) is 0 Å². The molecule has 0 aromatic heterocycles. The van der Waals surface area contributed by atoms with Crippen molar-refractivity contribution in [1.29, 1.82) is 0 Å². The molecule has 0 aliphatic rings. The summed E-state index contributed by atoms with van der Waals surface area (Å²) in [6.45, 7) is 7.49. The van der Waals surface area contributed by atoms with Crippen LogP contribution >= 0.6 is 0 Å². The van der Waals surface area contributed by atoms with Crippen LogP contribution in [0.3, 0.4) is 0 Å². The molecule has 1 aromatic rings. The van der Waals surface area contributed by atoms with E-state index in [0.29, 0.717) is 18.0 Å². The Bertz CT molecular complexity index is 529. The highest BCUT2D eigenvalue weighted by Crippen LogP contribution is 2.19. The Morgan fingerprint density at radius 2 is 2.05 bits per heavy atom. The summed E-state index contributed by atoms with van der Waals surface area (Å²) in [4.78, 5) is 0.329. The summed E-state index contributed by atoms with van der Waals surface area (Å²) >= 11 is 0. The lowest BCUT2D eigenvalue weighted by molar-refractivity contribution is 0.180. The molecule has 0 aliphatic heterocycles. The molecule has 1 rings (SSSR count). The molecular formula is C14H24N2O3S. The van der Waals surface area contributed by atoms with Gasteiger partial charge in [0.1, 0.15) is 0 Å². The van der Waals surface area contributed by atoms with Crippen LogP contribution in [-0.4, -0.2) is 34.7 Å². The van der Waals surface area contributed by atoms with Crippen molar-refractivity contribution in [3.8, 4) is 0 Å². The Balaban J connectivity index is 3.00. The van der Waals surface area contributed by atoms with Gasteiger partial charge in [0.05, 0.1) is 11.5 Å². The summed E-state index contributed by atoms with van der Waals surface area (Å²) < 4.78 is 32.3. The fourth-order valence-electron chi connectivity index (χ4n) is 2.01. The van der Waals surface area contributed by atoms with E-state index in [4.69, 9.17) is 4.74 Å². The van der Waals surface area contributed by atoms with E-state index in [1.807, 2.05) is 19.9 Å². The van der Waals surface area contributed by atoms with Crippen LogP contribution in [0.5, 0.6) is 0 Å². The van der Waals surface area contributed by atoms with Crippen molar-refractivity contribution in [3.05, 3.63) is 29.3 Å². The maximum absolute atomic E-state index is 12.4. The van der Waals surface area contributed by atoms with Gasteiger partial charge in [0.2, 0.25) is 10.0 Å². The van der Waals surface area contributed by atoms with E-state index in [9.17, 15) is 8.42 Å². The van der Waals surface area contributed by atoms with Gasteiger partial charge in [-0.05, 0) is 37.6 Å². The summed E-state index contributed by atoms with van der Waals surface area (Å²) in [5.74, 6) is 0. The van der Waals surface area contributed by atoms with Gasteiger partial charge in [0.15, 0.2) is 0 Å². The second-order valence-electron chi connectivity index (χ2n) is 4.80. The predicted octanol–water partition coefficient (Wildman–Crippen LogP) is 1.42. The minimum atomic E-state index is -3.52. The third-order valence-corrected chi connectivity index (χ3v) is 4.76. The van der Waals surface area contributed by atoms with Crippen molar-refractivity contribution in [3.63, 3.8) is 0 Å². The molecule has 6 heteroatoms. The Labute approximate surface area is 121 Å². The van der Waals surface area contributed by atoms with Gasteiger partial charge in [-0.2, -0.15) is 0 Å². The third-order valence-electron chi connectivity index (χ3n) is 3.02. The van der Waals surface area contributed by atoms with E-state index in [1.165, 1.54) is 0 Å². The molecule has 0 aliphatic carbocycles. The average Bonchev–Trinajstić information content (AvgIpc) is 2.37. The minimum Gasteiger partial charge on any atom is -0.383 e. The van der Waals surface area contributed by atoms with Gasteiger partial charge in [-0.25, -0.2) is 13.1 Å². The maximum atomic E-state index is 12.4. The molecule has 0 radical (unpaired) electrons. The standard InChI is InChI=1S/C14H24N2O3S/c1-5-15-9-13-7-6-8-14(12(13)3)20(17,18)16-11(2)10-19-4/h6-8,11,15-16H,5,9-10H2,1-4H3. The Morgan fingerprint density at radius 3 is 2.65 bits per heavy atom. The topological polar surface area (TPSA) is 67.4 Å². The van der Waals surface area contributed by atoms with E-state index < -0.39 is 10.0 Å². The van der Waals surface area contributed by atoms with E-state index in [0.717, 1.165) is 17.7 Å². The van der Waals surface area contributed by atoms with Crippen LogP contribution in [0.25, 0.3) is 0 Å². The summed E-state index contributed by atoms with van der Waals surface area (Å²) in [6, 6.07) is 5.08. The van der Waals surface area contributed by atoms with Crippen LogP contribution in [0.2, 0.25) is 0 Å². The van der Waals surface area contributed by atoms with Crippen LogP contribution in [0, 0.1) is 6.92 Å². The van der Waals surface area contributed by atoms with E-state index >= 15 is 0 Å². The fraction of sp³-hybridized carbons (Fsp3) is 0.571. The zero-order chi connectivity index (χ0) is 15.2. The number of benzene rings is 1. The second kappa shape index (κ2) is 7.73. The molecule has 114 valence electrons. The van der Waals surface area contributed by atoms with Gasteiger partial charge in [-0.1, -0.05) is 19.1 Å². The minimum absolute atomic E-state index is 0.262. The lowest BCUT2D eigenvalue weighted by Crippen LogP contribution is -2.36. The SMILES string of the molecule is CCNCc1cccc(S(=O)(=O)NC(C)COC)c1C. The number of sulfonamides is 1. The van der Waals surface area contributed by atoms with Crippen molar-refractivity contribution in [2.45, 2.75) is 38.3 Å². The summed E-state index contributed by atoms with van der Waals surface area (Å²) in [6.07, 6.45) is 0. The largest absolute Gasteiger partial charge is 0.383 e. The lowest BCUT2D eigenvalue weighted by atomic mass is 10.1. The number of nitrogens with one attached hydrogen (secondary N) is 2. The zero-order valence-corrected chi connectivity index (χ0v) is 13.4. The molecule has 1 aromatic carbocycles. The summed E-state index contributed by atoms with van der Waals surface area (Å²) in [7, 11) is -1.97. The van der Waals surface area contributed by atoms with Crippen molar-refractivity contribution in [2.24, 2.45) is 0 Å². The maximum Gasteiger partial charge on any atom is 0.241 e. The zero-order valence-electron chi connectivity index (χ0n) is 12.6. The predicted molar refractivity (Wildman–Crippen MR) is 80.2 cm³/mol. The highest BCUT2D eigenvalue weighted by atomic mass is 32.2. The molecule has 0 amide bonds. The first-order chi connectivity index (χ1) is 9.42. The first-order valence-electron chi connectivity index (χ1n) is 6.72. The Morgan fingerprint density at radius 1 is 1.35 bits per heavy atom. The molecule has 5 nitrogen and oxygen atoms in total. The molecule has 0 bridgehead atoms. The second-order valence-corrected chi connectivity index (χ2v) is 6.48. The monoisotopic (exact) mass is 300 g/mol. The van der Waals surface area contributed by atoms with E-state index in [2.05, 4.69) is 10.0 Å². The van der Waals surface area contributed by atoms with Crippen molar-refractivity contribution >= 4 is 10.0 Å². The summed E-state index contributed by atoms with van der Waals surface area (Å²) in [5.41, 5.74) is 1.78. The van der Waals surface area contributed by atoms with Gasteiger partial charge in [-0.15, -0.1) is 0 Å². The van der Waals surface area contributed by atoms with Gasteiger partial charge in [0.25, 0.3) is 0 Å². The Kier molecular flexibility index (Phi) is 6.61. The molecule has 0 fully saturated rings. The Hall–Kier alpha value is -0.950. The first-order valence-corrected chi connectivity index (χ1v) is 8.21. The molecule has 1 unspecified atom stereocenters. The van der Waals surface area contributed by atoms with Gasteiger partial charge in [0, 0.05) is 19.7 Å². The number of methoxy groups -OCH3 is 1. The van der Waals surface area contributed by atoms with E-state index in [-0.39, 0.29) is 6.04 Å². The smallest absolute Gasteiger partial charge is 0.241 e. The molecular weight excluding hydrogens is 276 g/mol. The first kappa shape index (κ1) is 17.1. The highest BCUT2D eigenvalue weighted by molar-refractivity contribution is 7.89. The molecule has 2 N–H and O–H groups in total.